The summed E-state index contributed by atoms with van der Waals surface area (Å²) in [5.41, 5.74) is 2.99. The highest BCUT2D eigenvalue weighted by Crippen LogP contribution is 2.40. The Labute approximate surface area is 168 Å². The number of hydrogen-bond donors (Lipinski definition) is 0. The Morgan fingerprint density at radius 3 is 2.07 bits per heavy atom. The summed E-state index contributed by atoms with van der Waals surface area (Å²) in [6.45, 7) is 0. The molecule has 4 heteroatoms. The van der Waals surface area contributed by atoms with Gasteiger partial charge in [-0.15, -0.1) is 10.5 Å². The third kappa shape index (κ3) is 3.60. The van der Waals surface area contributed by atoms with Crippen LogP contribution < -0.4 is 9.47 Å². The largest absolute Gasteiger partial charge is 0.388 e. The molecule has 0 radical (unpaired) electrons. The topological polar surface area (TPSA) is 66.0 Å². The fraction of sp³-hybridized carbons (Fsp3) is 0.0400. The summed E-state index contributed by atoms with van der Waals surface area (Å²) in [6.07, 6.45) is 3.48. The van der Waals surface area contributed by atoms with Crippen molar-refractivity contribution in [2.75, 3.05) is 0 Å². The Bertz CT molecular complexity index is 1230. The summed E-state index contributed by atoms with van der Waals surface area (Å²) in [7, 11) is 0. The Hall–Kier alpha value is -4.28. The van der Waals surface area contributed by atoms with Gasteiger partial charge in [-0.05, 0) is 40.1 Å². The van der Waals surface area contributed by atoms with Crippen LogP contribution in [0.1, 0.15) is 22.6 Å². The van der Waals surface area contributed by atoms with Gasteiger partial charge in [-0.1, -0.05) is 72.8 Å². The van der Waals surface area contributed by atoms with E-state index < -0.39 is 0 Å². The van der Waals surface area contributed by atoms with E-state index in [1.165, 1.54) is 0 Å². The molecule has 0 spiro atoms. The number of hydrogen-bond acceptors (Lipinski definition) is 4. The molecular formula is C25H16N2O2. The molecule has 1 atom stereocenters. The Kier molecular flexibility index (Phi) is 5.10. The second-order valence-corrected chi connectivity index (χ2v) is 6.49. The maximum Gasteiger partial charge on any atom is 0.292 e. The zero-order chi connectivity index (χ0) is 20.1. The molecule has 1 unspecified atom stereocenters. The van der Waals surface area contributed by atoms with Crippen molar-refractivity contribution >= 4 is 10.8 Å². The number of rotatable bonds is 5. The van der Waals surface area contributed by atoms with E-state index in [2.05, 4.69) is 24.3 Å². The van der Waals surface area contributed by atoms with Crippen LogP contribution in [0.4, 0.5) is 0 Å². The van der Waals surface area contributed by atoms with Gasteiger partial charge in [0.2, 0.25) is 0 Å². The molecule has 0 aromatic heterocycles. The summed E-state index contributed by atoms with van der Waals surface area (Å²) in [5.74, 6) is 0.835. The first-order chi connectivity index (χ1) is 14.3. The van der Waals surface area contributed by atoms with E-state index in [1.807, 2.05) is 48.5 Å². The molecule has 0 saturated carbocycles. The number of para-hydroxylation sites is 1. The number of fused-ring (bicyclic) bond motifs is 1. The predicted molar refractivity (Wildman–Crippen MR) is 110 cm³/mol. The first-order valence-corrected chi connectivity index (χ1v) is 9.10. The minimum atomic E-state index is -0.165. The van der Waals surface area contributed by atoms with Crippen molar-refractivity contribution in [3.63, 3.8) is 0 Å². The van der Waals surface area contributed by atoms with Gasteiger partial charge in [0.05, 0.1) is 0 Å². The Balaban J connectivity index is 1.95. The normalized spacial score (nSPS) is 11.2. The average Bonchev–Trinajstić information content (AvgIpc) is 2.77. The molecule has 29 heavy (non-hydrogen) atoms. The van der Waals surface area contributed by atoms with Gasteiger partial charge in [0, 0.05) is 11.5 Å². The molecule has 0 heterocycles. The quantitative estimate of drug-likeness (QED) is 0.329. The monoisotopic (exact) mass is 376 g/mol. The van der Waals surface area contributed by atoms with Crippen LogP contribution in [-0.2, 0) is 0 Å². The van der Waals surface area contributed by atoms with Crippen LogP contribution in [0, 0.1) is 23.0 Å². The van der Waals surface area contributed by atoms with Crippen molar-refractivity contribution in [2.45, 2.75) is 5.92 Å². The molecule has 0 saturated heterocycles. The number of nitrogens with zero attached hydrogens (tertiary/aromatic N) is 2. The molecule has 4 nitrogen and oxygen atoms in total. The van der Waals surface area contributed by atoms with Crippen molar-refractivity contribution in [1.82, 2.24) is 0 Å². The lowest BCUT2D eigenvalue weighted by Gasteiger charge is -2.22. The van der Waals surface area contributed by atoms with Gasteiger partial charge in [-0.25, -0.2) is 0 Å². The number of nitriles is 2. The molecular weight excluding hydrogens is 360 g/mol. The Morgan fingerprint density at radius 1 is 0.621 bits per heavy atom. The highest BCUT2D eigenvalue weighted by molar-refractivity contribution is 5.87. The van der Waals surface area contributed by atoms with Crippen LogP contribution in [-0.4, -0.2) is 0 Å². The molecule has 0 bridgehead atoms. The van der Waals surface area contributed by atoms with E-state index >= 15 is 0 Å². The lowest BCUT2D eigenvalue weighted by molar-refractivity contribution is 0.499. The first-order valence-electron chi connectivity index (χ1n) is 9.10. The van der Waals surface area contributed by atoms with Gasteiger partial charge in [0.25, 0.3) is 12.5 Å². The minimum Gasteiger partial charge on any atom is -0.388 e. The summed E-state index contributed by atoms with van der Waals surface area (Å²) in [6, 6.07) is 29.4. The minimum absolute atomic E-state index is 0.165. The third-order valence-corrected chi connectivity index (χ3v) is 4.90. The molecule has 0 aliphatic rings. The highest BCUT2D eigenvalue weighted by Gasteiger charge is 2.22. The fourth-order valence-corrected chi connectivity index (χ4v) is 3.67. The van der Waals surface area contributed by atoms with Crippen LogP contribution in [0.3, 0.4) is 0 Å². The number of ether oxygens (including phenoxy) is 2. The van der Waals surface area contributed by atoms with Crippen molar-refractivity contribution in [3.05, 3.63) is 108 Å². The van der Waals surface area contributed by atoms with E-state index in [9.17, 15) is 0 Å². The van der Waals surface area contributed by atoms with E-state index in [4.69, 9.17) is 20.0 Å². The fourth-order valence-electron chi connectivity index (χ4n) is 3.67. The van der Waals surface area contributed by atoms with Crippen molar-refractivity contribution < 1.29 is 9.47 Å². The maximum absolute atomic E-state index is 9.11. The van der Waals surface area contributed by atoms with Crippen LogP contribution in [0.15, 0.2) is 91.0 Å². The summed E-state index contributed by atoms with van der Waals surface area (Å²) < 4.78 is 10.2. The van der Waals surface area contributed by atoms with Crippen molar-refractivity contribution in [2.24, 2.45) is 0 Å². The van der Waals surface area contributed by atoms with Gasteiger partial charge < -0.3 is 9.47 Å². The number of benzene rings is 4. The molecule has 0 N–H and O–H groups in total. The molecule has 0 amide bonds. The summed E-state index contributed by atoms with van der Waals surface area (Å²) >= 11 is 0. The standard InChI is InChI=1S/C25H16N2O2/c26-16-28-20-14-12-19(13-15-20)25(23-9-3-4-11-24(23)29-17-27)22-10-5-7-18-6-1-2-8-21(18)22/h1-15,25H. The van der Waals surface area contributed by atoms with E-state index in [1.54, 1.807) is 30.7 Å². The molecule has 0 aliphatic carbocycles. The molecule has 0 fully saturated rings. The van der Waals surface area contributed by atoms with Gasteiger partial charge in [-0.3, -0.25) is 0 Å². The van der Waals surface area contributed by atoms with Crippen LogP contribution in [0.5, 0.6) is 11.5 Å². The lowest BCUT2D eigenvalue weighted by Crippen LogP contribution is -2.06. The van der Waals surface area contributed by atoms with Crippen LogP contribution >= 0.6 is 0 Å². The van der Waals surface area contributed by atoms with Crippen molar-refractivity contribution in [3.8, 4) is 24.0 Å². The molecule has 4 rings (SSSR count). The Morgan fingerprint density at radius 2 is 1.28 bits per heavy atom. The van der Waals surface area contributed by atoms with Gasteiger partial charge >= 0.3 is 0 Å². The van der Waals surface area contributed by atoms with Crippen molar-refractivity contribution in [1.29, 1.82) is 10.5 Å². The highest BCUT2D eigenvalue weighted by atomic mass is 16.5. The third-order valence-electron chi connectivity index (χ3n) is 4.90. The molecule has 0 aliphatic heterocycles. The van der Waals surface area contributed by atoms with E-state index in [0.717, 1.165) is 27.5 Å². The van der Waals surface area contributed by atoms with Gasteiger partial charge in [-0.2, -0.15) is 0 Å². The summed E-state index contributed by atoms with van der Waals surface area (Å²) in [4.78, 5) is 0. The predicted octanol–water partition coefficient (Wildman–Crippen LogP) is 5.74. The van der Waals surface area contributed by atoms with Gasteiger partial charge in [0.15, 0.2) is 0 Å². The lowest BCUT2D eigenvalue weighted by atomic mass is 9.82. The smallest absolute Gasteiger partial charge is 0.292 e. The van der Waals surface area contributed by atoms with Gasteiger partial charge in [0.1, 0.15) is 11.5 Å². The second-order valence-electron chi connectivity index (χ2n) is 6.49. The average molecular weight is 376 g/mol. The SMILES string of the molecule is N#COc1ccc(C(c2ccccc2OC#N)c2cccc3ccccc23)cc1. The molecule has 4 aromatic carbocycles. The van der Waals surface area contributed by atoms with Crippen LogP contribution in [0.25, 0.3) is 10.8 Å². The zero-order valence-electron chi connectivity index (χ0n) is 15.4. The maximum atomic E-state index is 9.11. The van der Waals surface area contributed by atoms with E-state index in [-0.39, 0.29) is 5.92 Å². The first kappa shape index (κ1) is 18.1. The molecule has 4 aromatic rings. The van der Waals surface area contributed by atoms with E-state index in [0.29, 0.717) is 11.5 Å². The summed E-state index contributed by atoms with van der Waals surface area (Å²) in [5, 5.41) is 20.1. The zero-order valence-corrected chi connectivity index (χ0v) is 15.4. The van der Waals surface area contributed by atoms with Crippen LogP contribution in [0.2, 0.25) is 0 Å². The molecule has 138 valence electrons. The second kappa shape index (κ2) is 8.17.